The van der Waals surface area contributed by atoms with Crippen LogP contribution in [0.15, 0.2) is 97.1 Å². The lowest BCUT2D eigenvalue weighted by Crippen LogP contribution is -2.56. The van der Waals surface area contributed by atoms with E-state index in [1.165, 1.54) is 15.9 Å². The molecular weight excluding hydrogens is 586 g/mol. The number of nitrogens with zero attached hydrogens (tertiary/aromatic N) is 4. The number of hydrogen-bond acceptors (Lipinski definition) is 5. The molecule has 0 unspecified atom stereocenters. The van der Waals surface area contributed by atoms with Gasteiger partial charge in [-0.2, -0.15) is 0 Å². The number of hydrogen-bond donors (Lipinski definition) is 1. The Morgan fingerprint density at radius 1 is 0.681 bits per heavy atom. The van der Waals surface area contributed by atoms with Crippen molar-refractivity contribution in [2.75, 3.05) is 48.3 Å². The molecule has 3 amide bonds. The van der Waals surface area contributed by atoms with Crippen LogP contribution in [0.1, 0.15) is 37.8 Å². The standard InChI is InChI=1S/C39H53N5O3/c1-39(2,40)25-14-20-36(45)43(6)35(29-31-21-23-33(24-22-31)32-18-12-9-13-19-32)38(47)44(7)34(28-30-16-10-8-11-17-30)37(46)42(5)27-15-26-41(3)4/h8-14,16-24,34-35H,15,25-29,40H2,1-7H3/b20-14+/t34-,35-/m0/s1. The molecule has 3 aromatic carbocycles. The van der Waals surface area contributed by atoms with Gasteiger partial charge >= 0.3 is 0 Å². The van der Waals surface area contributed by atoms with E-state index in [0.29, 0.717) is 25.8 Å². The van der Waals surface area contributed by atoms with Crippen molar-refractivity contribution in [3.05, 3.63) is 108 Å². The van der Waals surface area contributed by atoms with Crippen LogP contribution in [0.25, 0.3) is 11.1 Å². The molecule has 0 aliphatic carbocycles. The third-order valence-electron chi connectivity index (χ3n) is 8.34. The summed E-state index contributed by atoms with van der Waals surface area (Å²) in [6.45, 7) is 5.21. The fourth-order valence-corrected chi connectivity index (χ4v) is 5.42. The minimum absolute atomic E-state index is 0.131. The minimum Gasteiger partial charge on any atom is -0.344 e. The molecule has 3 aromatic rings. The molecule has 8 heteroatoms. The molecule has 252 valence electrons. The first kappa shape index (κ1) is 37.2. The van der Waals surface area contributed by atoms with Crippen LogP contribution in [0.4, 0.5) is 0 Å². The number of benzene rings is 3. The second-order valence-corrected chi connectivity index (χ2v) is 13.4. The van der Waals surface area contributed by atoms with E-state index in [0.717, 1.165) is 35.2 Å². The van der Waals surface area contributed by atoms with Gasteiger partial charge in [0.25, 0.3) is 0 Å². The molecule has 0 saturated heterocycles. The number of likely N-dealkylation sites (N-methyl/N-ethyl adjacent to an activating group) is 3. The molecule has 3 rings (SSSR count). The van der Waals surface area contributed by atoms with Crippen molar-refractivity contribution in [1.82, 2.24) is 19.6 Å². The maximum absolute atomic E-state index is 14.5. The first-order chi connectivity index (χ1) is 22.3. The predicted octanol–water partition coefficient (Wildman–Crippen LogP) is 4.89. The van der Waals surface area contributed by atoms with Crippen LogP contribution in [-0.4, -0.2) is 103 Å². The Hall–Kier alpha value is -4.27. The Bertz CT molecular complexity index is 1450. The molecule has 0 heterocycles. The molecule has 2 N–H and O–H groups in total. The van der Waals surface area contributed by atoms with Gasteiger partial charge in [-0.15, -0.1) is 0 Å². The third kappa shape index (κ3) is 11.8. The van der Waals surface area contributed by atoms with E-state index in [9.17, 15) is 14.4 Å². The summed E-state index contributed by atoms with van der Waals surface area (Å²) in [4.78, 5) is 48.7. The van der Waals surface area contributed by atoms with Crippen molar-refractivity contribution in [1.29, 1.82) is 0 Å². The first-order valence-electron chi connectivity index (χ1n) is 16.3. The molecule has 0 aliphatic heterocycles. The average Bonchev–Trinajstić information content (AvgIpc) is 3.05. The maximum atomic E-state index is 14.5. The molecule has 0 saturated carbocycles. The fraction of sp³-hybridized carbons (Fsp3) is 0.410. The number of carbonyl (C=O) groups is 3. The second-order valence-electron chi connectivity index (χ2n) is 13.4. The van der Waals surface area contributed by atoms with Gasteiger partial charge in [0.15, 0.2) is 0 Å². The number of nitrogens with two attached hydrogens (primary N) is 1. The summed E-state index contributed by atoms with van der Waals surface area (Å²) < 4.78 is 0. The summed E-state index contributed by atoms with van der Waals surface area (Å²) in [7, 11) is 9.13. The van der Waals surface area contributed by atoms with E-state index in [1.807, 2.05) is 101 Å². The lowest BCUT2D eigenvalue weighted by molar-refractivity contribution is -0.148. The van der Waals surface area contributed by atoms with Crippen LogP contribution < -0.4 is 5.73 Å². The highest BCUT2D eigenvalue weighted by atomic mass is 16.2. The zero-order valence-electron chi connectivity index (χ0n) is 29.2. The van der Waals surface area contributed by atoms with E-state index in [-0.39, 0.29) is 17.7 Å². The zero-order valence-corrected chi connectivity index (χ0v) is 29.2. The minimum atomic E-state index is -0.837. The maximum Gasteiger partial charge on any atom is 0.246 e. The lowest BCUT2D eigenvalue weighted by atomic mass is 9.98. The molecule has 0 spiro atoms. The van der Waals surface area contributed by atoms with Crippen LogP contribution in [0, 0.1) is 0 Å². The largest absolute Gasteiger partial charge is 0.344 e. The van der Waals surface area contributed by atoms with Gasteiger partial charge in [-0.3, -0.25) is 14.4 Å². The highest BCUT2D eigenvalue weighted by Gasteiger charge is 2.35. The molecule has 47 heavy (non-hydrogen) atoms. The molecule has 0 fully saturated rings. The second kappa shape index (κ2) is 17.6. The summed E-state index contributed by atoms with van der Waals surface area (Å²) in [5, 5.41) is 0. The van der Waals surface area contributed by atoms with Gasteiger partial charge in [0, 0.05) is 46.1 Å². The molecule has 0 bridgehead atoms. The van der Waals surface area contributed by atoms with E-state index in [4.69, 9.17) is 5.73 Å². The Balaban J connectivity index is 1.93. The topological polar surface area (TPSA) is 90.2 Å². The molecule has 0 aliphatic rings. The SMILES string of the molecule is CN(C)CCCN(C)C(=O)[C@H](Cc1ccccc1)N(C)C(=O)[C@H](Cc1ccc(-c2ccccc2)cc1)N(C)C(=O)/C=C/CC(C)(C)N. The smallest absolute Gasteiger partial charge is 0.246 e. The summed E-state index contributed by atoms with van der Waals surface area (Å²) in [6.07, 6.45) is 5.22. The van der Waals surface area contributed by atoms with Gasteiger partial charge in [-0.25, -0.2) is 0 Å². The van der Waals surface area contributed by atoms with Gasteiger partial charge in [0.05, 0.1) is 0 Å². The van der Waals surface area contributed by atoms with Crippen molar-refractivity contribution in [2.45, 2.75) is 57.2 Å². The quantitative estimate of drug-likeness (QED) is 0.226. The Labute approximate surface area is 281 Å². The Morgan fingerprint density at radius 2 is 1.19 bits per heavy atom. The van der Waals surface area contributed by atoms with Crippen LogP contribution in [-0.2, 0) is 27.2 Å². The molecule has 0 radical (unpaired) electrons. The van der Waals surface area contributed by atoms with Crippen molar-refractivity contribution in [3.8, 4) is 11.1 Å². The zero-order chi connectivity index (χ0) is 34.6. The summed E-state index contributed by atoms with van der Waals surface area (Å²) in [5.74, 6) is -0.723. The first-order valence-corrected chi connectivity index (χ1v) is 16.3. The molecule has 2 atom stereocenters. The van der Waals surface area contributed by atoms with Crippen molar-refractivity contribution < 1.29 is 14.4 Å². The predicted molar refractivity (Wildman–Crippen MR) is 192 cm³/mol. The van der Waals surface area contributed by atoms with E-state index in [2.05, 4.69) is 17.0 Å². The van der Waals surface area contributed by atoms with Gasteiger partial charge < -0.3 is 25.3 Å². The van der Waals surface area contributed by atoms with Crippen LogP contribution >= 0.6 is 0 Å². The summed E-state index contributed by atoms with van der Waals surface area (Å²) >= 11 is 0. The summed E-state index contributed by atoms with van der Waals surface area (Å²) in [5.41, 5.74) is 9.69. The Morgan fingerprint density at radius 3 is 1.74 bits per heavy atom. The van der Waals surface area contributed by atoms with Gasteiger partial charge in [0.1, 0.15) is 12.1 Å². The normalized spacial score (nSPS) is 13.0. The fourth-order valence-electron chi connectivity index (χ4n) is 5.42. The van der Waals surface area contributed by atoms with Gasteiger partial charge in [-0.1, -0.05) is 91.0 Å². The van der Waals surface area contributed by atoms with Crippen molar-refractivity contribution in [2.24, 2.45) is 5.73 Å². The lowest BCUT2D eigenvalue weighted by Gasteiger charge is -2.36. The third-order valence-corrected chi connectivity index (χ3v) is 8.34. The van der Waals surface area contributed by atoms with Gasteiger partial charge in [-0.05, 0) is 75.7 Å². The molecule has 8 nitrogen and oxygen atoms in total. The molecule has 0 aromatic heterocycles. The van der Waals surface area contributed by atoms with Crippen LogP contribution in [0.3, 0.4) is 0 Å². The van der Waals surface area contributed by atoms with E-state index >= 15 is 0 Å². The van der Waals surface area contributed by atoms with Crippen molar-refractivity contribution in [3.63, 3.8) is 0 Å². The highest BCUT2D eigenvalue weighted by molar-refractivity contribution is 5.95. The number of rotatable bonds is 16. The van der Waals surface area contributed by atoms with Gasteiger partial charge in [0.2, 0.25) is 17.7 Å². The van der Waals surface area contributed by atoms with Crippen LogP contribution in [0.2, 0.25) is 0 Å². The van der Waals surface area contributed by atoms with E-state index < -0.39 is 17.6 Å². The van der Waals surface area contributed by atoms with E-state index in [1.54, 1.807) is 32.1 Å². The monoisotopic (exact) mass is 639 g/mol. The van der Waals surface area contributed by atoms with Crippen molar-refractivity contribution >= 4 is 17.7 Å². The number of carbonyl (C=O) groups excluding carboxylic acids is 3. The van der Waals surface area contributed by atoms with Crippen LogP contribution in [0.5, 0.6) is 0 Å². The number of amides is 3. The Kier molecular flexibility index (Phi) is 13.9. The highest BCUT2D eigenvalue weighted by Crippen LogP contribution is 2.22. The molecular formula is C39H53N5O3. The average molecular weight is 640 g/mol. The summed E-state index contributed by atoms with van der Waals surface area (Å²) in [6, 6.07) is 26.3.